The summed E-state index contributed by atoms with van der Waals surface area (Å²) < 4.78 is 51.8. The fraction of sp³-hybridized carbons (Fsp3) is 0.517. The van der Waals surface area contributed by atoms with Crippen molar-refractivity contribution in [2.24, 2.45) is 5.92 Å². The van der Waals surface area contributed by atoms with Gasteiger partial charge in [0.15, 0.2) is 11.9 Å². The molecule has 0 aliphatic carbocycles. The minimum absolute atomic E-state index is 0.0909. The summed E-state index contributed by atoms with van der Waals surface area (Å²) in [5.74, 6) is -0.644. The Morgan fingerprint density at radius 2 is 2.05 bits per heavy atom. The van der Waals surface area contributed by atoms with E-state index in [1.165, 1.54) is 19.2 Å². The lowest BCUT2D eigenvalue weighted by Gasteiger charge is -2.37. The molecule has 1 unspecified atom stereocenters. The Morgan fingerprint density at radius 3 is 2.64 bits per heavy atom. The van der Waals surface area contributed by atoms with E-state index in [0.29, 0.717) is 41.6 Å². The number of pyridine rings is 1. The minimum Gasteiger partial charge on any atom is -0.463 e. The van der Waals surface area contributed by atoms with Gasteiger partial charge in [-0.25, -0.2) is 4.79 Å². The van der Waals surface area contributed by atoms with Gasteiger partial charge in [-0.15, -0.1) is 0 Å². The monoisotopic (exact) mass is 591 g/mol. The second kappa shape index (κ2) is 12.2. The molecular weight excluding hydrogens is 555 g/mol. The third kappa shape index (κ3) is 6.77. The molecule has 1 fully saturated rings. The van der Waals surface area contributed by atoms with Crippen LogP contribution >= 0.6 is 0 Å². The highest BCUT2D eigenvalue weighted by molar-refractivity contribution is 5.96. The molecule has 10 nitrogen and oxygen atoms in total. The number of esters is 1. The number of fused-ring (bicyclic) bond motifs is 1. The number of aromatic nitrogens is 3. The maximum absolute atomic E-state index is 12.9. The molecule has 1 aromatic carbocycles. The van der Waals surface area contributed by atoms with Crippen LogP contribution in [-0.4, -0.2) is 70.1 Å². The fourth-order valence-electron chi connectivity index (χ4n) is 4.98. The number of nitrogens with one attached hydrogen (secondary N) is 2. The van der Waals surface area contributed by atoms with Crippen molar-refractivity contribution in [1.82, 2.24) is 19.7 Å². The number of rotatable bonds is 9. The fourth-order valence-corrected chi connectivity index (χ4v) is 4.98. The minimum atomic E-state index is -4.51. The van der Waals surface area contributed by atoms with Crippen LogP contribution in [0.3, 0.4) is 0 Å². The number of ether oxygens (including phenoxy) is 2. The maximum atomic E-state index is 12.9. The van der Waals surface area contributed by atoms with Gasteiger partial charge in [-0.05, 0) is 69.4 Å². The summed E-state index contributed by atoms with van der Waals surface area (Å²) in [6.07, 6.45) is -2.70. The number of nitrogens with zero attached hydrogens (tertiary/aromatic N) is 3. The van der Waals surface area contributed by atoms with E-state index >= 15 is 0 Å². The molecule has 228 valence electrons. The van der Waals surface area contributed by atoms with Crippen molar-refractivity contribution in [2.75, 3.05) is 31.6 Å². The molecule has 0 saturated carbocycles. The molecule has 3 heterocycles. The SMILES string of the molecule is CCN(CC(F)(F)F)C(=O)c1ccc(Nc2nn([C@]3(C)CCC(C(=O)OCC(C)C)OC3)c3cc[nH]c(=O)c23)cc1C. The van der Waals surface area contributed by atoms with Crippen LogP contribution in [0.25, 0.3) is 10.9 Å². The van der Waals surface area contributed by atoms with Crippen LogP contribution in [0.15, 0.2) is 35.3 Å². The molecule has 1 saturated heterocycles. The number of aryl methyl sites for hydroxylation is 1. The number of hydrogen-bond acceptors (Lipinski definition) is 7. The predicted molar refractivity (Wildman–Crippen MR) is 151 cm³/mol. The van der Waals surface area contributed by atoms with E-state index in [1.807, 2.05) is 20.8 Å². The Labute approximate surface area is 241 Å². The van der Waals surface area contributed by atoms with Crippen molar-refractivity contribution < 1.29 is 32.2 Å². The van der Waals surface area contributed by atoms with E-state index in [2.05, 4.69) is 10.3 Å². The lowest BCUT2D eigenvalue weighted by Crippen LogP contribution is -2.45. The lowest BCUT2D eigenvalue weighted by molar-refractivity contribution is -0.165. The Bertz CT molecular complexity index is 1510. The van der Waals surface area contributed by atoms with E-state index in [0.717, 1.165) is 4.90 Å². The smallest absolute Gasteiger partial charge is 0.406 e. The second-order valence-electron chi connectivity index (χ2n) is 11.3. The third-order valence-electron chi connectivity index (χ3n) is 7.24. The molecule has 3 aromatic rings. The van der Waals surface area contributed by atoms with Crippen molar-refractivity contribution in [1.29, 1.82) is 0 Å². The van der Waals surface area contributed by atoms with Gasteiger partial charge in [0.25, 0.3) is 11.5 Å². The van der Waals surface area contributed by atoms with Gasteiger partial charge in [0.2, 0.25) is 0 Å². The van der Waals surface area contributed by atoms with E-state index in [-0.39, 0.29) is 36.0 Å². The number of anilines is 2. The van der Waals surface area contributed by atoms with Crippen molar-refractivity contribution in [2.45, 2.75) is 65.3 Å². The van der Waals surface area contributed by atoms with Crippen LogP contribution in [-0.2, 0) is 19.8 Å². The molecule has 2 atom stereocenters. The summed E-state index contributed by atoms with van der Waals surface area (Å²) in [6, 6.07) is 6.37. The predicted octanol–water partition coefficient (Wildman–Crippen LogP) is 4.89. The molecule has 4 rings (SSSR count). The number of alkyl halides is 3. The van der Waals surface area contributed by atoms with E-state index in [4.69, 9.17) is 14.6 Å². The molecule has 42 heavy (non-hydrogen) atoms. The van der Waals surface area contributed by atoms with Gasteiger partial charge in [0.1, 0.15) is 11.9 Å². The summed E-state index contributed by atoms with van der Waals surface area (Å²) in [6.45, 7) is 8.02. The average molecular weight is 592 g/mol. The number of benzene rings is 1. The molecular formula is C29H36F3N5O5. The van der Waals surface area contributed by atoms with E-state index in [9.17, 15) is 27.6 Å². The first-order chi connectivity index (χ1) is 19.7. The zero-order valence-electron chi connectivity index (χ0n) is 24.3. The third-order valence-corrected chi connectivity index (χ3v) is 7.24. The number of halogens is 3. The van der Waals surface area contributed by atoms with Gasteiger partial charge >= 0.3 is 12.1 Å². The first-order valence-corrected chi connectivity index (χ1v) is 13.8. The normalized spacial score (nSPS) is 19.2. The van der Waals surface area contributed by atoms with Gasteiger partial charge in [0, 0.05) is 24.0 Å². The topological polar surface area (TPSA) is 119 Å². The van der Waals surface area contributed by atoms with Crippen LogP contribution in [0.5, 0.6) is 0 Å². The Morgan fingerprint density at radius 1 is 1.31 bits per heavy atom. The summed E-state index contributed by atoms with van der Waals surface area (Å²) in [5, 5.41) is 8.17. The number of hydrogen-bond donors (Lipinski definition) is 2. The van der Waals surface area contributed by atoms with E-state index < -0.39 is 36.2 Å². The van der Waals surface area contributed by atoms with Gasteiger partial charge in [-0.2, -0.15) is 18.3 Å². The first kappa shape index (κ1) is 31.1. The molecule has 13 heteroatoms. The first-order valence-electron chi connectivity index (χ1n) is 13.8. The number of amides is 1. The lowest BCUT2D eigenvalue weighted by atomic mass is 9.92. The standard InChI is InChI=1S/C29H36F3N5O5/c1-6-36(15-29(30,31)32)26(39)20-8-7-19(13-18(20)4)34-24-23-21(10-12-33-25(23)38)37(35-24)28(5)11-9-22(42-16-28)27(40)41-14-17(2)3/h7-8,10,12-13,17,22H,6,9,11,14-16H2,1-5H3,(H,33,38)(H,34,35)/t22?,28-/m1/s1. The number of carbonyl (C=O) groups is 2. The Balaban J connectivity index is 1.58. The maximum Gasteiger partial charge on any atom is 0.406 e. The molecule has 0 radical (unpaired) electrons. The van der Waals surface area contributed by atoms with Gasteiger partial charge in [0.05, 0.1) is 24.3 Å². The highest BCUT2D eigenvalue weighted by atomic mass is 19.4. The largest absolute Gasteiger partial charge is 0.463 e. The highest BCUT2D eigenvalue weighted by Crippen LogP contribution is 2.35. The zero-order valence-corrected chi connectivity index (χ0v) is 24.3. The zero-order chi connectivity index (χ0) is 30.8. The second-order valence-corrected chi connectivity index (χ2v) is 11.3. The van der Waals surface area contributed by atoms with Crippen LogP contribution < -0.4 is 10.9 Å². The van der Waals surface area contributed by atoms with Gasteiger partial charge < -0.3 is 24.7 Å². The van der Waals surface area contributed by atoms with Crippen molar-refractivity contribution in [3.63, 3.8) is 0 Å². The number of carbonyl (C=O) groups excluding carboxylic acids is 2. The van der Waals surface area contributed by atoms with Crippen LogP contribution in [0.1, 0.15) is 56.5 Å². The molecule has 0 spiro atoms. The molecule has 1 aliphatic rings. The van der Waals surface area contributed by atoms with Gasteiger partial charge in [-0.1, -0.05) is 13.8 Å². The summed E-state index contributed by atoms with van der Waals surface area (Å²) in [4.78, 5) is 41.6. The van der Waals surface area contributed by atoms with Crippen molar-refractivity contribution >= 4 is 34.3 Å². The highest BCUT2D eigenvalue weighted by Gasteiger charge is 2.39. The van der Waals surface area contributed by atoms with E-state index in [1.54, 1.807) is 29.8 Å². The van der Waals surface area contributed by atoms with Gasteiger partial charge in [-0.3, -0.25) is 14.3 Å². The van der Waals surface area contributed by atoms with Crippen molar-refractivity contribution in [3.8, 4) is 0 Å². The summed E-state index contributed by atoms with van der Waals surface area (Å²) in [7, 11) is 0. The summed E-state index contributed by atoms with van der Waals surface area (Å²) in [5.41, 5.74) is 0.624. The van der Waals surface area contributed by atoms with Crippen LogP contribution in [0, 0.1) is 12.8 Å². The average Bonchev–Trinajstić information content (AvgIpc) is 3.30. The number of aromatic amines is 1. The Kier molecular flexibility index (Phi) is 9.00. The number of H-pyrrole nitrogens is 1. The quantitative estimate of drug-likeness (QED) is 0.340. The molecule has 1 aliphatic heterocycles. The van der Waals surface area contributed by atoms with Crippen LogP contribution in [0.2, 0.25) is 0 Å². The van der Waals surface area contributed by atoms with Crippen LogP contribution in [0.4, 0.5) is 24.7 Å². The molecule has 0 bridgehead atoms. The molecule has 2 aromatic heterocycles. The molecule has 1 amide bonds. The molecule has 2 N–H and O–H groups in total. The van der Waals surface area contributed by atoms with Crippen molar-refractivity contribution in [3.05, 3.63) is 51.9 Å². The summed E-state index contributed by atoms with van der Waals surface area (Å²) >= 11 is 0. The Hall–Kier alpha value is -3.87.